The van der Waals surface area contributed by atoms with Crippen molar-refractivity contribution in [3.05, 3.63) is 34.9 Å². The van der Waals surface area contributed by atoms with Crippen molar-refractivity contribution in [1.29, 1.82) is 0 Å². The summed E-state index contributed by atoms with van der Waals surface area (Å²) in [6.45, 7) is 5.20. The lowest BCUT2D eigenvalue weighted by molar-refractivity contribution is 0.266. The van der Waals surface area contributed by atoms with Crippen LogP contribution in [0.1, 0.15) is 31.9 Å². The number of halogens is 1. The van der Waals surface area contributed by atoms with Crippen LogP contribution < -0.4 is 5.46 Å². The summed E-state index contributed by atoms with van der Waals surface area (Å²) in [5.74, 6) is 0. The molecule has 76 valence electrons. The van der Waals surface area contributed by atoms with Crippen LogP contribution in [-0.4, -0.2) is 13.5 Å². The molecule has 0 fully saturated rings. The van der Waals surface area contributed by atoms with Gasteiger partial charge >= 0.3 is 0 Å². The van der Waals surface area contributed by atoms with Crippen molar-refractivity contribution in [2.24, 2.45) is 0 Å². The lowest BCUT2D eigenvalue weighted by Gasteiger charge is -2.17. The van der Waals surface area contributed by atoms with E-state index in [-0.39, 0.29) is 0 Å². The Balaban J connectivity index is 2.52. The van der Waals surface area contributed by atoms with E-state index in [0.29, 0.717) is 6.42 Å². The van der Waals surface area contributed by atoms with E-state index in [1.54, 1.807) is 13.8 Å². The Kier molecular flexibility index (Phi) is 2.25. The van der Waals surface area contributed by atoms with Crippen LogP contribution in [0, 0.1) is 0 Å². The molecule has 0 spiro atoms. The molecule has 0 atom stereocenters. The molecule has 0 saturated heterocycles. The van der Waals surface area contributed by atoms with Crippen LogP contribution >= 0.6 is 0 Å². The molecule has 0 saturated carbocycles. The average molecular weight is 200 g/mol. The van der Waals surface area contributed by atoms with Crippen LogP contribution in [0.15, 0.2) is 23.8 Å². The van der Waals surface area contributed by atoms with Crippen molar-refractivity contribution in [2.45, 2.75) is 32.9 Å². The maximum Gasteiger partial charge on any atom is 0.127 e. The fraction of sp³-hybridized carbons (Fsp3) is 0.385. The van der Waals surface area contributed by atoms with Gasteiger partial charge in [-0.2, -0.15) is 0 Å². The van der Waals surface area contributed by atoms with E-state index in [2.05, 4.69) is 0 Å². The standard InChI is InChI=1S/C13H14BF/c1-8-11-7-10(14)5-4-9(11)6-12(8)13(2,3)15/h4-5,7H,6H2,1-3H3. The van der Waals surface area contributed by atoms with Crippen molar-refractivity contribution in [3.8, 4) is 0 Å². The van der Waals surface area contributed by atoms with Gasteiger partial charge in [0.05, 0.1) is 0 Å². The van der Waals surface area contributed by atoms with Crippen LogP contribution in [-0.2, 0) is 6.42 Å². The number of hydrogen-bond donors (Lipinski definition) is 0. The lowest BCUT2D eigenvalue weighted by Crippen LogP contribution is -2.16. The van der Waals surface area contributed by atoms with E-state index in [1.165, 1.54) is 5.56 Å². The molecule has 0 N–H and O–H groups in total. The third-order valence-corrected chi connectivity index (χ3v) is 3.08. The van der Waals surface area contributed by atoms with Crippen molar-refractivity contribution >= 4 is 18.9 Å². The first-order valence-electron chi connectivity index (χ1n) is 5.17. The second kappa shape index (κ2) is 3.23. The molecule has 0 unspecified atom stereocenters. The zero-order chi connectivity index (χ0) is 11.2. The Hall–Kier alpha value is -1.05. The van der Waals surface area contributed by atoms with Gasteiger partial charge in [-0.25, -0.2) is 4.39 Å². The van der Waals surface area contributed by atoms with Gasteiger partial charge in [0.25, 0.3) is 0 Å². The summed E-state index contributed by atoms with van der Waals surface area (Å²) in [4.78, 5) is 0. The highest BCUT2D eigenvalue weighted by Gasteiger charge is 2.29. The summed E-state index contributed by atoms with van der Waals surface area (Å²) >= 11 is 0. The predicted octanol–water partition coefficient (Wildman–Crippen LogP) is 2.56. The molecule has 1 aromatic rings. The molecule has 2 radical (unpaired) electrons. The fourth-order valence-corrected chi connectivity index (χ4v) is 2.24. The minimum Gasteiger partial charge on any atom is -0.240 e. The highest BCUT2D eigenvalue weighted by Crippen LogP contribution is 2.38. The molecular weight excluding hydrogens is 186 g/mol. The summed E-state index contributed by atoms with van der Waals surface area (Å²) < 4.78 is 13.9. The number of allylic oxidation sites excluding steroid dienone is 2. The van der Waals surface area contributed by atoms with E-state index in [9.17, 15) is 4.39 Å². The molecule has 0 amide bonds. The summed E-state index contributed by atoms with van der Waals surface area (Å²) in [6.07, 6.45) is 0.713. The first-order chi connectivity index (χ1) is 6.89. The second-order valence-electron chi connectivity index (χ2n) is 4.67. The molecule has 2 heteroatoms. The Morgan fingerprint density at radius 1 is 1.33 bits per heavy atom. The second-order valence-corrected chi connectivity index (χ2v) is 4.67. The normalized spacial score (nSPS) is 15.7. The molecule has 0 nitrogen and oxygen atoms in total. The smallest absolute Gasteiger partial charge is 0.127 e. The van der Waals surface area contributed by atoms with Gasteiger partial charge < -0.3 is 0 Å². The minimum absolute atomic E-state index is 0.713. The summed E-state index contributed by atoms with van der Waals surface area (Å²) in [7, 11) is 5.73. The third-order valence-electron chi connectivity index (χ3n) is 3.08. The van der Waals surface area contributed by atoms with E-state index < -0.39 is 5.67 Å². The summed E-state index contributed by atoms with van der Waals surface area (Å²) in [5.41, 5.74) is 3.72. The van der Waals surface area contributed by atoms with Gasteiger partial charge in [0.1, 0.15) is 13.5 Å². The van der Waals surface area contributed by atoms with Crippen molar-refractivity contribution in [3.63, 3.8) is 0 Å². The summed E-state index contributed by atoms with van der Waals surface area (Å²) in [6, 6.07) is 5.80. The number of hydrogen-bond acceptors (Lipinski definition) is 0. The predicted molar refractivity (Wildman–Crippen MR) is 63.3 cm³/mol. The quantitative estimate of drug-likeness (QED) is 0.611. The Morgan fingerprint density at radius 3 is 2.60 bits per heavy atom. The van der Waals surface area contributed by atoms with E-state index >= 15 is 0 Å². The maximum absolute atomic E-state index is 13.9. The molecule has 0 bridgehead atoms. The molecule has 0 heterocycles. The van der Waals surface area contributed by atoms with E-state index in [0.717, 1.165) is 22.2 Å². The average Bonchev–Trinajstić information content (AvgIpc) is 2.43. The first kappa shape index (κ1) is 10.5. The molecule has 2 rings (SSSR count). The van der Waals surface area contributed by atoms with Gasteiger partial charge in [-0.15, -0.1) is 0 Å². The topological polar surface area (TPSA) is 0 Å². The van der Waals surface area contributed by atoms with Gasteiger partial charge in [0, 0.05) is 0 Å². The van der Waals surface area contributed by atoms with Crippen molar-refractivity contribution in [1.82, 2.24) is 0 Å². The van der Waals surface area contributed by atoms with Gasteiger partial charge in [-0.3, -0.25) is 0 Å². The summed E-state index contributed by atoms with van der Waals surface area (Å²) in [5, 5.41) is 0. The third kappa shape index (κ3) is 1.73. The highest BCUT2D eigenvalue weighted by molar-refractivity contribution is 6.32. The lowest BCUT2D eigenvalue weighted by atomic mass is 9.91. The van der Waals surface area contributed by atoms with Crippen LogP contribution in [0.25, 0.3) is 5.57 Å². The molecule has 15 heavy (non-hydrogen) atoms. The van der Waals surface area contributed by atoms with Crippen molar-refractivity contribution in [2.75, 3.05) is 0 Å². The zero-order valence-electron chi connectivity index (χ0n) is 9.39. The highest BCUT2D eigenvalue weighted by atomic mass is 19.1. The molecule has 1 aliphatic rings. The van der Waals surface area contributed by atoms with Gasteiger partial charge in [0.15, 0.2) is 0 Å². The molecule has 0 aliphatic heterocycles. The first-order valence-corrected chi connectivity index (χ1v) is 5.17. The van der Waals surface area contributed by atoms with Gasteiger partial charge in [0.2, 0.25) is 0 Å². The molecular formula is C13H14BF. The molecule has 1 aliphatic carbocycles. The number of benzene rings is 1. The van der Waals surface area contributed by atoms with Crippen LogP contribution in [0.2, 0.25) is 0 Å². The van der Waals surface area contributed by atoms with E-state index in [4.69, 9.17) is 7.85 Å². The van der Waals surface area contributed by atoms with E-state index in [1.807, 2.05) is 25.1 Å². The Labute approximate surface area is 91.6 Å². The van der Waals surface area contributed by atoms with Crippen LogP contribution in [0.4, 0.5) is 4.39 Å². The van der Waals surface area contributed by atoms with Crippen LogP contribution in [0.5, 0.6) is 0 Å². The Bertz CT molecular complexity index is 438. The minimum atomic E-state index is -1.24. The Morgan fingerprint density at radius 2 is 2.00 bits per heavy atom. The number of rotatable bonds is 1. The SMILES string of the molecule is [B]c1ccc2c(c1)C(C)=C(C(C)(C)F)C2. The molecule has 1 aromatic carbocycles. The van der Waals surface area contributed by atoms with Crippen molar-refractivity contribution < 1.29 is 4.39 Å². The number of alkyl halides is 1. The van der Waals surface area contributed by atoms with Gasteiger partial charge in [-0.05, 0) is 49.5 Å². The number of fused-ring (bicyclic) bond motifs is 1. The molecule has 0 aromatic heterocycles. The van der Waals surface area contributed by atoms with Gasteiger partial charge in [-0.1, -0.05) is 23.7 Å². The maximum atomic E-state index is 13.9. The fourth-order valence-electron chi connectivity index (χ4n) is 2.24. The monoisotopic (exact) mass is 200 g/mol. The zero-order valence-corrected chi connectivity index (χ0v) is 9.39. The van der Waals surface area contributed by atoms with Crippen LogP contribution in [0.3, 0.4) is 0 Å². The largest absolute Gasteiger partial charge is 0.240 e.